The highest BCUT2D eigenvalue weighted by atomic mass is 32.2. The van der Waals surface area contributed by atoms with Crippen LogP contribution in [0, 0.1) is 6.92 Å². The van der Waals surface area contributed by atoms with Gasteiger partial charge in [0.15, 0.2) is 5.16 Å². The fraction of sp³-hybridized carbons (Fsp3) is 0.125. The molecule has 0 atom stereocenters. The first-order valence-corrected chi connectivity index (χ1v) is 9.77. The van der Waals surface area contributed by atoms with Crippen LogP contribution in [0.4, 0.5) is 0 Å². The molecular formula is C16H13N3OS3. The van der Waals surface area contributed by atoms with Crippen molar-refractivity contribution in [1.82, 2.24) is 15.1 Å². The molecule has 0 spiro atoms. The largest absolute Gasteiger partial charge is 0.361 e. The van der Waals surface area contributed by atoms with Crippen molar-refractivity contribution in [2.45, 2.75) is 17.8 Å². The Kier molecular flexibility index (Phi) is 4.07. The molecule has 0 aromatic carbocycles. The van der Waals surface area contributed by atoms with Crippen LogP contribution in [0.2, 0.25) is 0 Å². The Morgan fingerprint density at radius 1 is 1.17 bits per heavy atom. The van der Waals surface area contributed by atoms with Gasteiger partial charge in [0, 0.05) is 11.8 Å². The molecular weight excluding hydrogens is 346 g/mol. The molecule has 0 radical (unpaired) electrons. The summed E-state index contributed by atoms with van der Waals surface area (Å²) in [5, 5.41) is 9.09. The van der Waals surface area contributed by atoms with Crippen molar-refractivity contribution in [3.8, 4) is 21.1 Å². The van der Waals surface area contributed by atoms with Crippen molar-refractivity contribution in [2.75, 3.05) is 0 Å². The Balaban J connectivity index is 1.64. The number of H-pyrrole nitrogens is 1. The second kappa shape index (κ2) is 6.35. The van der Waals surface area contributed by atoms with E-state index in [1.54, 1.807) is 34.4 Å². The van der Waals surface area contributed by atoms with Crippen LogP contribution in [0.1, 0.15) is 11.5 Å². The van der Waals surface area contributed by atoms with E-state index in [0.717, 1.165) is 33.8 Å². The Morgan fingerprint density at radius 2 is 1.96 bits per heavy atom. The van der Waals surface area contributed by atoms with Crippen LogP contribution >= 0.6 is 34.4 Å². The minimum absolute atomic E-state index is 0.735. The van der Waals surface area contributed by atoms with Gasteiger partial charge in [-0.15, -0.1) is 22.7 Å². The molecule has 7 heteroatoms. The maximum Gasteiger partial charge on any atom is 0.166 e. The summed E-state index contributed by atoms with van der Waals surface area (Å²) < 4.78 is 5.11. The molecule has 23 heavy (non-hydrogen) atoms. The first-order chi connectivity index (χ1) is 11.3. The van der Waals surface area contributed by atoms with Gasteiger partial charge >= 0.3 is 0 Å². The maximum absolute atomic E-state index is 5.11. The van der Waals surface area contributed by atoms with E-state index < -0.39 is 0 Å². The zero-order valence-electron chi connectivity index (χ0n) is 12.3. The molecule has 0 aliphatic carbocycles. The number of nitrogens with zero attached hydrogens (tertiary/aromatic N) is 2. The smallest absolute Gasteiger partial charge is 0.166 e. The first-order valence-electron chi connectivity index (χ1n) is 7.02. The van der Waals surface area contributed by atoms with Gasteiger partial charge in [-0.25, -0.2) is 4.98 Å². The summed E-state index contributed by atoms with van der Waals surface area (Å²) in [5.74, 6) is 1.57. The lowest BCUT2D eigenvalue weighted by Crippen LogP contribution is -1.81. The molecule has 0 saturated carbocycles. The van der Waals surface area contributed by atoms with Crippen LogP contribution in [-0.4, -0.2) is 15.1 Å². The monoisotopic (exact) mass is 359 g/mol. The quantitative estimate of drug-likeness (QED) is 0.481. The van der Waals surface area contributed by atoms with E-state index in [2.05, 4.69) is 45.2 Å². The van der Waals surface area contributed by atoms with E-state index in [-0.39, 0.29) is 0 Å². The molecule has 0 aliphatic rings. The van der Waals surface area contributed by atoms with Crippen LogP contribution in [0.3, 0.4) is 0 Å². The average molecular weight is 360 g/mol. The van der Waals surface area contributed by atoms with Gasteiger partial charge in [0.25, 0.3) is 0 Å². The number of aryl methyl sites for hydroxylation is 1. The fourth-order valence-electron chi connectivity index (χ4n) is 2.24. The van der Waals surface area contributed by atoms with Crippen LogP contribution in [0.25, 0.3) is 21.1 Å². The number of thiophene rings is 2. The van der Waals surface area contributed by atoms with Crippen molar-refractivity contribution in [1.29, 1.82) is 0 Å². The van der Waals surface area contributed by atoms with Crippen molar-refractivity contribution in [3.05, 3.63) is 52.5 Å². The molecule has 4 aromatic heterocycles. The summed E-state index contributed by atoms with van der Waals surface area (Å²) in [6, 6.07) is 10.3. The number of imidazole rings is 1. The second-order valence-corrected chi connectivity index (χ2v) is 7.80. The maximum atomic E-state index is 5.11. The number of hydrogen-bond donors (Lipinski definition) is 1. The molecule has 0 fully saturated rings. The van der Waals surface area contributed by atoms with Crippen molar-refractivity contribution in [3.63, 3.8) is 0 Å². The normalized spacial score (nSPS) is 11.2. The minimum Gasteiger partial charge on any atom is -0.361 e. The molecule has 4 aromatic rings. The molecule has 0 amide bonds. The molecule has 4 heterocycles. The predicted octanol–water partition coefficient (Wildman–Crippen LogP) is 5.46. The van der Waals surface area contributed by atoms with Gasteiger partial charge in [-0.2, -0.15) is 0 Å². The minimum atomic E-state index is 0.735. The second-order valence-electron chi connectivity index (χ2n) is 4.94. The third kappa shape index (κ3) is 3.12. The summed E-state index contributed by atoms with van der Waals surface area (Å²) in [6.07, 6.45) is 0. The topological polar surface area (TPSA) is 54.7 Å². The van der Waals surface area contributed by atoms with Crippen LogP contribution in [0.5, 0.6) is 0 Å². The Morgan fingerprint density at radius 3 is 2.61 bits per heavy atom. The molecule has 0 unspecified atom stereocenters. The molecule has 116 valence electrons. The summed E-state index contributed by atoms with van der Waals surface area (Å²) in [4.78, 5) is 10.6. The Labute approximate surface area is 145 Å². The first kappa shape index (κ1) is 14.7. The lowest BCUT2D eigenvalue weighted by atomic mass is 10.2. The molecule has 0 aliphatic heterocycles. The van der Waals surface area contributed by atoms with Gasteiger partial charge in [-0.1, -0.05) is 29.1 Å². The summed E-state index contributed by atoms with van der Waals surface area (Å²) >= 11 is 5.06. The lowest BCUT2D eigenvalue weighted by molar-refractivity contribution is 0.393. The standard InChI is InChI=1S/C16H13N3OS3/c1-10-8-11(19-20-10)9-23-16-17-14(12-4-2-6-21-12)15(18-16)13-5-3-7-22-13/h2-8H,9H2,1H3,(H,17,18). The zero-order chi connectivity index (χ0) is 15.6. The van der Waals surface area contributed by atoms with Gasteiger partial charge in [0.1, 0.15) is 11.5 Å². The molecule has 0 saturated heterocycles. The van der Waals surface area contributed by atoms with Gasteiger partial charge in [0.2, 0.25) is 0 Å². The fourth-order valence-corrected chi connectivity index (χ4v) is 4.44. The lowest BCUT2D eigenvalue weighted by Gasteiger charge is -1.96. The molecule has 0 bridgehead atoms. The van der Waals surface area contributed by atoms with E-state index in [4.69, 9.17) is 9.51 Å². The highest BCUT2D eigenvalue weighted by Crippen LogP contribution is 2.37. The number of thioether (sulfide) groups is 1. The van der Waals surface area contributed by atoms with Gasteiger partial charge in [-0.3, -0.25) is 0 Å². The van der Waals surface area contributed by atoms with Crippen LogP contribution < -0.4 is 0 Å². The Bertz CT molecular complexity index is 839. The number of aromatic nitrogens is 3. The highest BCUT2D eigenvalue weighted by molar-refractivity contribution is 7.98. The SMILES string of the molecule is Cc1cc(CSc2nc(-c3cccs3)c(-c3cccs3)[nH]2)no1. The van der Waals surface area contributed by atoms with E-state index in [1.165, 1.54) is 9.75 Å². The van der Waals surface area contributed by atoms with E-state index >= 15 is 0 Å². The third-order valence-corrected chi connectivity index (χ3v) is 5.91. The van der Waals surface area contributed by atoms with E-state index in [1.807, 2.05) is 13.0 Å². The average Bonchev–Trinajstić information content (AvgIpc) is 3.31. The van der Waals surface area contributed by atoms with Crippen molar-refractivity contribution < 1.29 is 4.52 Å². The van der Waals surface area contributed by atoms with Gasteiger partial charge < -0.3 is 9.51 Å². The van der Waals surface area contributed by atoms with Crippen molar-refractivity contribution >= 4 is 34.4 Å². The number of nitrogens with one attached hydrogen (secondary N) is 1. The number of hydrogen-bond acceptors (Lipinski definition) is 6. The predicted molar refractivity (Wildman–Crippen MR) is 96.0 cm³/mol. The summed E-state index contributed by atoms with van der Waals surface area (Å²) in [6.45, 7) is 1.90. The summed E-state index contributed by atoms with van der Waals surface area (Å²) in [5.41, 5.74) is 3.03. The number of aromatic amines is 1. The van der Waals surface area contributed by atoms with Crippen LogP contribution in [-0.2, 0) is 5.75 Å². The number of rotatable bonds is 5. The molecule has 4 nitrogen and oxygen atoms in total. The third-order valence-electron chi connectivity index (χ3n) is 3.24. The molecule has 4 rings (SSSR count). The Hall–Kier alpha value is -1.83. The van der Waals surface area contributed by atoms with Crippen LogP contribution in [0.15, 0.2) is 50.8 Å². The van der Waals surface area contributed by atoms with Gasteiger partial charge in [-0.05, 0) is 29.8 Å². The van der Waals surface area contributed by atoms with E-state index in [0.29, 0.717) is 0 Å². The van der Waals surface area contributed by atoms with Gasteiger partial charge in [0.05, 0.1) is 21.1 Å². The van der Waals surface area contributed by atoms with E-state index in [9.17, 15) is 0 Å². The molecule has 1 N–H and O–H groups in total. The van der Waals surface area contributed by atoms with Crippen molar-refractivity contribution in [2.24, 2.45) is 0 Å². The zero-order valence-corrected chi connectivity index (χ0v) is 14.7. The summed E-state index contributed by atoms with van der Waals surface area (Å²) in [7, 11) is 0. The highest BCUT2D eigenvalue weighted by Gasteiger charge is 2.16.